The molecule has 0 bridgehead atoms. The minimum Gasteiger partial charge on any atom is -0.496 e. The number of hydrogen-bond acceptors (Lipinski definition) is 2. The number of benzene rings is 1. The van der Waals surface area contributed by atoms with E-state index in [0.717, 1.165) is 41.2 Å². The van der Waals surface area contributed by atoms with Crippen LogP contribution in [0.25, 0.3) is 0 Å². The van der Waals surface area contributed by atoms with Gasteiger partial charge in [0.25, 0.3) is 0 Å². The van der Waals surface area contributed by atoms with Gasteiger partial charge in [0.2, 0.25) is 0 Å². The molecule has 0 spiro atoms. The third-order valence-corrected chi connectivity index (χ3v) is 4.40. The zero-order chi connectivity index (χ0) is 14.0. The largest absolute Gasteiger partial charge is 0.496 e. The summed E-state index contributed by atoms with van der Waals surface area (Å²) in [6.45, 7) is 6.26. The standard InChI is InChI=1S/C17H24O2/c1-5-13-6-7-14(10-13)17(18)16-12(3)8-11(2)9-15(16)19-4/h8-9,13-14H,5-7,10H2,1-4H3. The third-order valence-electron chi connectivity index (χ3n) is 4.40. The van der Waals surface area contributed by atoms with Crippen LogP contribution < -0.4 is 4.74 Å². The topological polar surface area (TPSA) is 26.3 Å². The predicted octanol–water partition coefficient (Wildman–Crippen LogP) is 4.32. The highest BCUT2D eigenvalue weighted by molar-refractivity contribution is 6.01. The molecule has 0 saturated heterocycles. The molecule has 1 aliphatic rings. The highest BCUT2D eigenvalue weighted by atomic mass is 16.5. The van der Waals surface area contributed by atoms with E-state index in [4.69, 9.17) is 4.74 Å². The van der Waals surface area contributed by atoms with Gasteiger partial charge in [-0.25, -0.2) is 0 Å². The van der Waals surface area contributed by atoms with Gasteiger partial charge in [0.05, 0.1) is 12.7 Å². The van der Waals surface area contributed by atoms with Crippen molar-refractivity contribution in [1.82, 2.24) is 0 Å². The molecule has 1 fully saturated rings. The first-order valence-electron chi connectivity index (χ1n) is 7.26. The van der Waals surface area contributed by atoms with Gasteiger partial charge >= 0.3 is 0 Å². The Morgan fingerprint density at radius 2 is 2.05 bits per heavy atom. The van der Waals surface area contributed by atoms with Gasteiger partial charge in [-0.2, -0.15) is 0 Å². The number of carbonyl (C=O) groups is 1. The Balaban J connectivity index is 2.29. The number of aryl methyl sites for hydroxylation is 2. The summed E-state index contributed by atoms with van der Waals surface area (Å²) in [7, 11) is 1.65. The number of methoxy groups -OCH3 is 1. The Morgan fingerprint density at radius 3 is 2.63 bits per heavy atom. The van der Waals surface area contributed by atoms with Crippen molar-refractivity contribution >= 4 is 5.78 Å². The van der Waals surface area contributed by atoms with Crippen LogP contribution in [0.3, 0.4) is 0 Å². The quantitative estimate of drug-likeness (QED) is 0.754. The maximum atomic E-state index is 12.7. The van der Waals surface area contributed by atoms with Crippen LogP contribution in [0.4, 0.5) is 0 Å². The Bertz CT molecular complexity index is 476. The molecule has 1 saturated carbocycles. The normalized spacial score (nSPS) is 22.5. The van der Waals surface area contributed by atoms with Crippen LogP contribution in [-0.4, -0.2) is 12.9 Å². The van der Waals surface area contributed by atoms with Gasteiger partial charge < -0.3 is 4.74 Å². The van der Waals surface area contributed by atoms with E-state index in [1.54, 1.807) is 7.11 Å². The van der Waals surface area contributed by atoms with Crippen molar-refractivity contribution in [3.63, 3.8) is 0 Å². The smallest absolute Gasteiger partial charge is 0.169 e. The maximum absolute atomic E-state index is 12.7. The first-order valence-corrected chi connectivity index (χ1v) is 7.26. The molecule has 19 heavy (non-hydrogen) atoms. The van der Waals surface area contributed by atoms with Crippen LogP contribution >= 0.6 is 0 Å². The molecule has 2 nitrogen and oxygen atoms in total. The van der Waals surface area contributed by atoms with Gasteiger partial charge in [-0.15, -0.1) is 0 Å². The van der Waals surface area contributed by atoms with E-state index in [1.807, 2.05) is 19.9 Å². The number of ketones is 1. The lowest BCUT2D eigenvalue weighted by Gasteiger charge is -2.15. The molecule has 0 aliphatic heterocycles. The SMILES string of the molecule is CCC1CCC(C(=O)c2c(C)cc(C)cc2OC)C1. The van der Waals surface area contributed by atoms with E-state index >= 15 is 0 Å². The van der Waals surface area contributed by atoms with E-state index in [0.29, 0.717) is 0 Å². The van der Waals surface area contributed by atoms with Gasteiger partial charge in [0.1, 0.15) is 5.75 Å². The molecule has 104 valence electrons. The second-order valence-corrected chi connectivity index (χ2v) is 5.81. The van der Waals surface area contributed by atoms with Gasteiger partial charge in [0.15, 0.2) is 5.78 Å². The van der Waals surface area contributed by atoms with Crippen LogP contribution in [0, 0.1) is 25.7 Å². The van der Waals surface area contributed by atoms with Crippen LogP contribution in [0.15, 0.2) is 12.1 Å². The highest BCUT2D eigenvalue weighted by Crippen LogP contribution is 2.37. The van der Waals surface area contributed by atoms with E-state index in [1.165, 1.54) is 12.8 Å². The molecule has 1 aromatic carbocycles. The van der Waals surface area contributed by atoms with Gasteiger partial charge in [0, 0.05) is 5.92 Å². The van der Waals surface area contributed by atoms with Crippen LogP contribution in [0.1, 0.15) is 54.1 Å². The second-order valence-electron chi connectivity index (χ2n) is 5.81. The first kappa shape index (κ1) is 14.1. The van der Waals surface area contributed by atoms with Crippen LogP contribution in [0.5, 0.6) is 5.75 Å². The molecular weight excluding hydrogens is 236 g/mol. The molecule has 1 aromatic rings. The summed E-state index contributed by atoms with van der Waals surface area (Å²) in [5.74, 6) is 1.94. The average Bonchev–Trinajstić information content (AvgIpc) is 2.85. The van der Waals surface area contributed by atoms with E-state index in [9.17, 15) is 4.79 Å². The number of rotatable bonds is 4. The van der Waals surface area contributed by atoms with Crippen LogP contribution in [-0.2, 0) is 0 Å². The van der Waals surface area contributed by atoms with Crippen LogP contribution in [0.2, 0.25) is 0 Å². The van der Waals surface area contributed by atoms with Crippen molar-refractivity contribution < 1.29 is 9.53 Å². The van der Waals surface area contributed by atoms with E-state index < -0.39 is 0 Å². The minimum atomic E-state index is 0.195. The van der Waals surface area contributed by atoms with Crippen molar-refractivity contribution in [2.75, 3.05) is 7.11 Å². The lowest BCUT2D eigenvalue weighted by molar-refractivity contribution is 0.0916. The number of Topliss-reactive ketones (excluding diaryl/α,β-unsaturated/α-hetero) is 1. The number of carbonyl (C=O) groups excluding carboxylic acids is 1. The lowest BCUT2D eigenvalue weighted by atomic mass is 9.90. The Labute approximate surface area is 116 Å². The fourth-order valence-corrected chi connectivity index (χ4v) is 3.29. The minimum absolute atomic E-state index is 0.195. The summed E-state index contributed by atoms with van der Waals surface area (Å²) in [5.41, 5.74) is 2.99. The van der Waals surface area contributed by atoms with Crippen molar-refractivity contribution in [2.45, 2.75) is 46.5 Å². The Morgan fingerprint density at radius 1 is 1.32 bits per heavy atom. The summed E-state index contributed by atoms with van der Waals surface area (Å²) >= 11 is 0. The molecule has 2 unspecified atom stereocenters. The molecule has 0 amide bonds. The number of ether oxygens (including phenoxy) is 1. The number of hydrogen-bond donors (Lipinski definition) is 0. The van der Waals surface area contributed by atoms with E-state index in [-0.39, 0.29) is 11.7 Å². The van der Waals surface area contributed by atoms with Crippen molar-refractivity contribution in [1.29, 1.82) is 0 Å². The first-order chi connectivity index (χ1) is 9.06. The van der Waals surface area contributed by atoms with Crippen molar-refractivity contribution in [2.24, 2.45) is 11.8 Å². The fraction of sp³-hybridized carbons (Fsp3) is 0.588. The zero-order valence-corrected chi connectivity index (χ0v) is 12.5. The monoisotopic (exact) mass is 260 g/mol. The molecule has 2 heteroatoms. The predicted molar refractivity (Wildman–Crippen MR) is 77.9 cm³/mol. The van der Waals surface area contributed by atoms with Gasteiger partial charge in [-0.05, 0) is 56.2 Å². The Kier molecular flexibility index (Phi) is 4.28. The molecule has 0 radical (unpaired) electrons. The molecule has 1 aliphatic carbocycles. The lowest BCUT2D eigenvalue weighted by Crippen LogP contribution is -2.14. The van der Waals surface area contributed by atoms with Gasteiger partial charge in [-0.1, -0.05) is 19.4 Å². The summed E-state index contributed by atoms with van der Waals surface area (Å²) in [4.78, 5) is 12.7. The molecule has 0 N–H and O–H groups in total. The molecule has 0 heterocycles. The Hall–Kier alpha value is -1.31. The van der Waals surface area contributed by atoms with Gasteiger partial charge in [-0.3, -0.25) is 4.79 Å². The molecule has 2 rings (SSSR count). The fourth-order valence-electron chi connectivity index (χ4n) is 3.29. The summed E-state index contributed by atoms with van der Waals surface area (Å²) in [5, 5.41) is 0. The van der Waals surface area contributed by atoms with E-state index in [2.05, 4.69) is 13.0 Å². The second kappa shape index (κ2) is 5.77. The summed E-state index contributed by atoms with van der Waals surface area (Å²) < 4.78 is 5.42. The highest BCUT2D eigenvalue weighted by Gasteiger charge is 2.31. The summed E-state index contributed by atoms with van der Waals surface area (Å²) in [6, 6.07) is 4.04. The summed E-state index contributed by atoms with van der Waals surface area (Å²) in [6.07, 6.45) is 4.47. The zero-order valence-electron chi connectivity index (χ0n) is 12.5. The molecule has 0 aromatic heterocycles. The maximum Gasteiger partial charge on any atom is 0.169 e. The van der Waals surface area contributed by atoms with Crippen molar-refractivity contribution in [3.8, 4) is 5.75 Å². The van der Waals surface area contributed by atoms with Crippen molar-refractivity contribution in [3.05, 3.63) is 28.8 Å². The molecule has 2 atom stereocenters. The molecular formula is C17H24O2. The third kappa shape index (κ3) is 2.83. The average molecular weight is 260 g/mol.